The zero-order chi connectivity index (χ0) is 31.3. The van der Waals surface area contributed by atoms with Crippen LogP contribution in [0.3, 0.4) is 0 Å². The Labute approximate surface area is 270 Å². The third-order valence-electron chi connectivity index (χ3n) is 8.95. The molecule has 2 amide bonds. The van der Waals surface area contributed by atoms with E-state index in [1.807, 2.05) is 0 Å². The Morgan fingerprint density at radius 2 is 0.581 bits per heavy atom. The molecule has 0 aliphatic carbocycles. The van der Waals surface area contributed by atoms with Gasteiger partial charge in [0.25, 0.3) is 0 Å². The largest absolute Gasteiger partial charge is 0.296 e. The van der Waals surface area contributed by atoms with Crippen molar-refractivity contribution in [2.45, 2.75) is 232 Å². The number of carbonyl (C=O) groups excluding carboxylic acids is 2. The summed E-state index contributed by atoms with van der Waals surface area (Å²) >= 11 is 0. The van der Waals surface area contributed by atoms with Gasteiger partial charge in [-0.2, -0.15) is 0 Å². The summed E-state index contributed by atoms with van der Waals surface area (Å²) in [4.78, 5) is 24.1. The maximum Gasteiger partial charge on any atom is 0.226 e. The van der Waals surface area contributed by atoms with Crippen LogP contribution in [0.15, 0.2) is 12.2 Å². The number of allylic oxidation sites excluding steroid dienone is 2. The highest BCUT2D eigenvalue weighted by molar-refractivity contribution is 5.95. The zero-order valence-corrected chi connectivity index (χ0v) is 29.5. The van der Waals surface area contributed by atoms with Crippen molar-refractivity contribution in [3.63, 3.8) is 0 Å². The van der Waals surface area contributed by atoms with Crippen LogP contribution < -0.4 is 5.32 Å². The highest BCUT2D eigenvalue weighted by Gasteiger charge is 2.07. The molecular weight excluding hydrogens is 526 g/mol. The smallest absolute Gasteiger partial charge is 0.226 e. The van der Waals surface area contributed by atoms with Gasteiger partial charge in [0, 0.05) is 12.8 Å². The Hall–Kier alpha value is -1.12. The Bertz CT molecular complexity index is 599. The molecule has 0 saturated heterocycles. The third-order valence-corrected chi connectivity index (χ3v) is 8.95. The van der Waals surface area contributed by atoms with Gasteiger partial charge in [0.1, 0.15) is 0 Å². The van der Waals surface area contributed by atoms with Crippen molar-refractivity contribution in [2.24, 2.45) is 0 Å². The molecule has 0 radical (unpaired) electrons. The van der Waals surface area contributed by atoms with Crippen LogP contribution in [0.1, 0.15) is 232 Å². The van der Waals surface area contributed by atoms with E-state index < -0.39 is 0 Å². The summed E-state index contributed by atoms with van der Waals surface area (Å²) < 4.78 is 0. The molecule has 0 heterocycles. The molecule has 0 fully saturated rings. The van der Waals surface area contributed by atoms with E-state index in [9.17, 15) is 9.59 Å². The number of hydrogen-bond donors (Lipinski definition) is 1. The average Bonchev–Trinajstić information content (AvgIpc) is 3.00. The summed E-state index contributed by atoms with van der Waals surface area (Å²) in [6, 6.07) is 0. The fourth-order valence-electron chi connectivity index (χ4n) is 6.00. The van der Waals surface area contributed by atoms with Crippen LogP contribution in [0.2, 0.25) is 0 Å². The standard InChI is InChI=1S/C40H77NO2/c1-3-5-7-9-11-13-15-17-19-20-21-22-24-26-28-30-32-34-36-38-40(43)41-39(42)37-35-33-31-29-27-25-23-18-16-14-12-10-8-6-4-2/h17,19H,3-16,18,20-38H2,1-2H3,(H,41,42,43)/b19-17-. The third kappa shape index (κ3) is 37.0. The van der Waals surface area contributed by atoms with Crippen molar-refractivity contribution in [3.8, 4) is 0 Å². The van der Waals surface area contributed by atoms with E-state index in [2.05, 4.69) is 31.3 Å². The summed E-state index contributed by atoms with van der Waals surface area (Å²) in [5.41, 5.74) is 0. The molecule has 0 aliphatic rings. The predicted octanol–water partition coefficient (Wildman–Crippen LogP) is 13.5. The molecule has 0 spiro atoms. The van der Waals surface area contributed by atoms with Crippen molar-refractivity contribution in [2.75, 3.05) is 0 Å². The topological polar surface area (TPSA) is 46.2 Å². The van der Waals surface area contributed by atoms with Crippen molar-refractivity contribution in [1.82, 2.24) is 5.32 Å². The van der Waals surface area contributed by atoms with Crippen LogP contribution in [-0.4, -0.2) is 11.8 Å². The molecule has 0 atom stereocenters. The first-order valence-corrected chi connectivity index (χ1v) is 19.7. The van der Waals surface area contributed by atoms with Gasteiger partial charge in [-0.05, 0) is 38.5 Å². The van der Waals surface area contributed by atoms with Crippen molar-refractivity contribution < 1.29 is 9.59 Å². The van der Waals surface area contributed by atoms with E-state index in [1.54, 1.807) is 0 Å². The highest BCUT2D eigenvalue weighted by atomic mass is 16.2. The molecule has 3 nitrogen and oxygen atoms in total. The van der Waals surface area contributed by atoms with Crippen molar-refractivity contribution in [3.05, 3.63) is 12.2 Å². The van der Waals surface area contributed by atoms with Gasteiger partial charge in [0.2, 0.25) is 11.8 Å². The molecule has 43 heavy (non-hydrogen) atoms. The minimum atomic E-state index is -0.0769. The Morgan fingerprint density at radius 3 is 0.860 bits per heavy atom. The van der Waals surface area contributed by atoms with Gasteiger partial charge in [0.15, 0.2) is 0 Å². The van der Waals surface area contributed by atoms with Gasteiger partial charge in [-0.1, -0.05) is 193 Å². The zero-order valence-electron chi connectivity index (χ0n) is 29.5. The molecule has 254 valence electrons. The lowest BCUT2D eigenvalue weighted by Crippen LogP contribution is -2.29. The first kappa shape index (κ1) is 41.9. The Morgan fingerprint density at radius 1 is 0.349 bits per heavy atom. The summed E-state index contributed by atoms with van der Waals surface area (Å²) in [5, 5.41) is 2.61. The van der Waals surface area contributed by atoms with Crippen LogP contribution in [0.25, 0.3) is 0 Å². The van der Waals surface area contributed by atoms with Gasteiger partial charge < -0.3 is 0 Å². The molecule has 0 rings (SSSR count). The van der Waals surface area contributed by atoms with Crippen LogP contribution >= 0.6 is 0 Å². The van der Waals surface area contributed by atoms with Gasteiger partial charge >= 0.3 is 0 Å². The van der Waals surface area contributed by atoms with Crippen molar-refractivity contribution in [1.29, 1.82) is 0 Å². The molecule has 1 N–H and O–H groups in total. The molecule has 0 aromatic heterocycles. The fourth-order valence-corrected chi connectivity index (χ4v) is 6.00. The van der Waals surface area contributed by atoms with Crippen molar-refractivity contribution >= 4 is 11.8 Å². The lowest BCUT2D eigenvalue weighted by atomic mass is 10.0. The maximum atomic E-state index is 12.1. The second kappa shape index (κ2) is 37.1. The number of carbonyl (C=O) groups is 2. The Kier molecular flexibility index (Phi) is 36.1. The van der Waals surface area contributed by atoms with Crippen LogP contribution in [0.5, 0.6) is 0 Å². The van der Waals surface area contributed by atoms with E-state index in [-0.39, 0.29) is 11.8 Å². The average molecular weight is 604 g/mol. The minimum absolute atomic E-state index is 0.0759. The summed E-state index contributed by atoms with van der Waals surface area (Å²) in [6.07, 6.45) is 47.7. The molecule has 0 saturated carbocycles. The summed E-state index contributed by atoms with van der Waals surface area (Å²) in [7, 11) is 0. The van der Waals surface area contributed by atoms with Gasteiger partial charge in [0.05, 0.1) is 0 Å². The molecule has 0 unspecified atom stereocenters. The van der Waals surface area contributed by atoms with Crippen LogP contribution in [0.4, 0.5) is 0 Å². The number of nitrogens with one attached hydrogen (secondary N) is 1. The van der Waals surface area contributed by atoms with Gasteiger partial charge in [-0.15, -0.1) is 0 Å². The van der Waals surface area contributed by atoms with E-state index in [1.165, 1.54) is 180 Å². The fraction of sp³-hybridized carbons (Fsp3) is 0.900. The van der Waals surface area contributed by atoms with E-state index in [0.717, 1.165) is 25.7 Å². The molecule has 0 aromatic rings. The second-order valence-electron chi connectivity index (χ2n) is 13.4. The first-order valence-electron chi connectivity index (χ1n) is 19.7. The number of unbranched alkanes of at least 4 members (excludes halogenated alkanes) is 29. The molecule has 0 bridgehead atoms. The highest BCUT2D eigenvalue weighted by Crippen LogP contribution is 2.15. The second-order valence-corrected chi connectivity index (χ2v) is 13.4. The maximum absolute atomic E-state index is 12.1. The quantitative estimate of drug-likeness (QED) is 0.0578. The molecule has 0 aromatic carbocycles. The monoisotopic (exact) mass is 604 g/mol. The van der Waals surface area contributed by atoms with Crippen LogP contribution in [0, 0.1) is 0 Å². The molecular formula is C40H77NO2. The van der Waals surface area contributed by atoms with E-state index >= 15 is 0 Å². The summed E-state index contributed by atoms with van der Waals surface area (Å²) in [6.45, 7) is 4.56. The number of imide groups is 1. The van der Waals surface area contributed by atoms with Gasteiger partial charge in [-0.3, -0.25) is 14.9 Å². The SMILES string of the molecule is CCCCCCCC/C=C\CCCCCCCCCCCC(=O)NC(=O)CCCCCCCCCCCCCCCCC. The first-order chi connectivity index (χ1) is 21.2. The Balaban J connectivity index is 3.30. The lowest BCUT2D eigenvalue weighted by Gasteiger charge is -2.05. The molecule has 3 heteroatoms. The lowest BCUT2D eigenvalue weighted by molar-refractivity contribution is -0.130. The van der Waals surface area contributed by atoms with Gasteiger partial charge in [-0.25, -0.2) is 0 Å². The minimum Gasteiger partial charge on any atom is -0.296 e. The van der Waals surface area contributed by atoms with Crippen LogP contribution in [-0.2, 0) is 9.59 Å². The summed E-state index contributed by atoms with van der Waals surface area (Å²) in [5.74, 6) is -0.153. The molecule has 0 aliphatic heterocycles. The number of rotatable bonds is 35. The van der Waals surface area contributed by atoms with E-state index in [4.69, 9.17) is 0 Å². The number of amides is 2. The normalized spacial score (nSPS) is 11.5. The number of hydrogen-bond acceptors (Lipinski definition) is 2. The van der Waals surface area contributed by atoms with E-state index in [0.29, 0.717) is 12.8 Å². The predicted molar refractivity (Wildman–Crippen MR) is 191 cm³/mol.